The second-order valence-electron chi connectivity index (χ2n) is 5.53. The van der Waals surface area contributed by atoms with Crippen molar-refractivity contribution in [3.8, 4) is 11.5 Å². The summed E-state index contributed by atoms with van der Waals surface area (Å²) in [6.07, 6.45) is -5.99. The lowest BCUT2D eigenvalue weighted by atomic mass is 10.1. The van der Waals surface area contributed by atoms with E-state index in [-0.39, 0.29) is 38.9 Å². The number of halogens is 3. The minimum absolute atomic E-state index is 0.0885. The Morgan fingerprint density at radius 2 is 1.62 bits per heavy atom. The Labute approximate surface area is 135 Å². The van der Waals surface area contributed by atoms with Crippen LogP contribution in [0.25, 0.3) is 0 Å². The molecule has 0 saturated carbocycles. The molecule has 0 aromatic heterocycles. The average Bonchev–Trinajstić information content (AvgIpc) is 3.00. The molecule has 2 aliphatic rings. The zero-order chi connectivity index (χ0) is 17.3. The van der Waals surface area contributed by atoms with E-state index in [1.54, 1.807) is 18.2 Å². The fourth-order valence-corrected chi connectivity index (χ4v) is 2.65. The van der Waals surface area contributed by atoms with Crippen molar-refractivity contribution in [2.24, 2.45) is 0 Å². The summed E-state index contributed by atoms with van der Waals surface area (Å²) in [4.78, 5) is 26.7. The molecule has 9 heteroatoms. The van der Waals surface area contributed by atoms with Crippen molar-refractivity contribution in [3.05, 3.63) is 23.8 Å². The Bertz CT molecular complexity index is 655. The minimum Gasteiger partial charge on any atom is -0.454 e. The van der Waals surface area contributed by atoms with Crippen LogP contribution in [0.4, 0.5) is 13.2 Å². The number of ether oxygens (including phenoxy) is 2. The monoisotopic (exact) mass is 344 g/mol. The Balaban J connectivity index is 1.58. The number of carbonyl (C=O) groups excluding carboxylic acids is 2. The largest absolute Gasteiger partial charge is 0.454 e. The minimum atomic E-state index is -4.52. The molecule has 6 nitrogen and oxygen atoms in total. The molecule has 1 saturated heterocycles. The Hall–Kier alpha value is -2.45. The van der Waals surface area contributed by atoms with Crippen LogP contribution >= 0.6 is 0 Å². The number of hydrogen-bond donors (Lipinski definition) is 0. The van der Waals surface area contributed by atoms with Gasteiger partial charge in [0.25, 0.3) is 5.91 Å². The Morgan fingerprint density at radius 1 is 1.00 bits per heavy atom. The van der Waals surface area contributed by atoms with Gasteiger partial charge in [0.05, 0.1) is 0 Å². The van der Waals surface area contributed by atoms with Crippen molar-refractivity contribution in [2.45, 2.75) is 12.6 Å². The topological polar surface area (TPSA) is 59.1 Å². The van der Waals surface area contributed by atoms with Crippen LogP contribution in [0.5, 0.6) is 11.5 Å². The highest BCUT2D eigenvalue weighted by Crippen LogP contribution is 2.33. The highest BCUT2D eigenvalue weighted by molar-refractivity contribution is 5.95. The number of carbonyl (C=O) groups is 2. The highest BCUT2D eigenvalue weighted by Gasteiger charge is 2.35. The van der Waals surface area contributed by atoms with Gasteiger partial charge in [0.2, 0.25) is 12.7 Å². The van der Waals surface area contributed by atoms with Crippen LogP contribution in [0.3, 0.4) is 0 Å². The van der Waals surface area contributed by atoms with E-state index in [9.17, 15) is 22.8 Å². The maximum atomic E-state index is 12.5. The smallest absolute Gasteiger partial charge is 0.397 e. The first kappa shape index (κ1) is 16.4. The normalized spacial score (nSPS) is 17.1. The Kier molecular flexibility index (Phi) is 4.25. The van der Waals surface area contributed by atoms with E-state index in [1.807, 2.05) is 0 Å². The van der Waals surface area contributed by atoms with Gasteiger partial charge in [-0.2, -0.15) is 13.2 Å². The van der Waals surface area contributed by atoms with E-state index in [4.69, 9.17) is 9.47 Å². The molecule has 0 unspecified atom stereocenters. The van der Waals surface area contributed by atoms with Crippen LogP contribution in [-0.2, 0) is 4.79 Å². The summed E-state index contributed by atoms with van der Waals surface area (Å²) in [6.45, 7) is 0.664. The maximum Gasteiger partial charge on any atom is 0.397 e. The molecule has 1 aromatic carbocycles. The molecule has 0 radical (unpaired) electrons. The quantitative estimate of drug-likeness (QED) is 0.819. The van der Waals surface area contributed by atoms with Crippen molar-refractivity contribution in [3.63, 3.8) is 0 Å². The standard InChI is InChI=1S/C15H15F3N2O4/c16-15(17,18)8-13(21)19-3-5-20(6-4-19)14(22)10-1-2-11-12(7-10)24-9-23-11/h1-2,7H,3-6,8-9H2. The fourth-order valence-electron chi connectivity index (χ4n) is 2.65. The molecule has 1 fully saturated rings. The Morgan fingerprint density at radius 3 is 2.29 bits per heavy atom. The maximum absolute atomic E-state index is 12.5. The first-order valence-electron chi connectivity index (χ1n) is 7.37. The third-order valence-corrected chi connectivity index (χ3v) is 3.89. The van der Waals surface area contributed by atoms with Gasteiger partial charge in [0.1, 0.15) is 6.42 Å². The number of alkyl halides is 3. The molecule has 130 valence electrons. The molecule has 2 aliphatic heterocycles. The van der Waals surface area contributed by atoms with Crippen molar-refractivity contribution < 1.29 is 32.2 Å². The number of amides is 2. The average molecular weight is 344 g/mol. The molecular weight excluding hydrogens is 329 g/mol. The van der Waals surface area contributed by atoms with Crippen molar-refractivity contribution in [2.75, 3.05) is 33.0 Å². The van der Waals surface area contributed by atoms with Gasteiger partial charge in [-0.15, -0.1) is 0 Å². The number of benzene rings is 1. The second-order valence-corrected chi connectivity index (χ2v) is 5.53. The number of hydrogen-bond acceptors (Lipinski definition) is 4. The third-order valence-electron chi connectivity index (χ3n) is 3.89. The van der Waals surface area contributed by atoms with Crippen molar-refractivity contribution in [1.29, 1.82) is 0 Å². The van der Waals surface area contributed by atoms with E-state index in [0.29, 0.717) is 17.1 Å². The number of rotatable bonds is 2. The van der Waals surface area contributed by atoms with Crippen LogP contribution in [0.15, 0.2) is 18.2 Å². The molecule has 2 heterocycles. The van der Waals surface area contributed by atoms with Gasteiger partial charge >= 0.3 is 6.18 Å². The lowest BCUT2D eigenvalue weighted by Gasteiger charge is -2.35. The van der Waals surface area contributed by atoms with Crippen LogP contribution in [0, 0.1) is 0 Å². The fraction of sp³-hybridized carbons (Fsp3) is 0.467. The molecule has 1 aromatic rings. The molecule has 0 spiro atoms. The van der Waals surface area contributed by atoms with E-state index >= 15 is 0 Å². The molecule has 0 aliphatic carbocycles. The van der Waals surface area contributed by atoms with Gasteiger partial charge in [-0.3, -0.25) is 9.59 Å². The molecule has 0 N–H and O–H groups in total. The van der Waals surface area contributed by atoms with Crippen molar-refractivity contribution in [1.82, 2.24) is 9.80 Å². The molecule has 0 atom stereocenters. The van der Waals surface area contributed by atoms with Gasteiger partial charge in [0, 0.05) is 31.7 Å². The first-order chi connectivity index (χ1) is 11.3. The second kappa shape index (κ2) is 6.21. The summed E-state index contributed by atoms with van der Waals surface area (Å²) in [5.41, 5.74) is 0.411. The van der Waals surface area contributed by atoms with E-state index < -0.39 is 18.5 Å². The van der Waals surface area contributed by atoms with Crippen LogP contribution in [0.2, 0.25) is 0 Å². The lowest BCUT2D eigenvalue weighted by molar-refractivity contribution is -0.162. The van der Waals surface area contributed by atoms with Gasteiger partial charge in [0.15, 0.2) is 11.5 Å². The zero-order valence-corrected chi connectivity index (χ0v) is 12.6. The molecule has 3 rings (SSSR count). The molecule has 0 bridgehead atoms. The summed E-state index contributed by atoms with van der Waals surface area (Å²) < 4.78 is 47.2. The molecular formula is C15H15F3N2O4. The third kappa shape index (κ3) is 3.55. The van der Waals surface area contributed by atoms with Gasteiger partial charge in [-0.05, 0) is 18.2 Å². The van der Waals surface area contributed by atoms with E-state index in [0.717, 1.165) is 4.90 Å². The highest BCUT2D eigenvalue weighted by atomic mass is 19.4. The predicted octanol–water partition coefficient (Wildman–Crippen LogP) is 1.65. The molecule has 2 amide bonds. The molecule has 24 heavy (non-hydrogen) atoms. The lowest BCUT2D eigenvalue weighted by Crippen LogP contribution is -2.51. The van der Waals surface area contributed by atoms with Crippen molar-refractivity contribution >= 4 is 11.8 Å². The summed E-state index contributed by atoms with van der Waals surface area (Å²) in [6, 6.07) is 4.82. The number of nitrogens with zero attached hydrogens (tertiary/aromatic N) is 2. The van der Waals surface area contributed by atoms with Gasteiger partial charge < -0.3 is 19.3 Å². The summed E-state index contributed by atoms with van der Waals surface area (Å²) >= 11 is 0. The summed E-state index contributed by atoms with van der Waals surface area (Å²) in [7, 11) is 0. The number of fused-ring (bicyclic) bond motifs is 1. The van der Waals surface area contributed by atoms with Crippen LogP contribution in [-0.4, -0.2) is 60.8 Å². The van der Waals surface area contributed by atoms with Gasteiger partial charge in [-0.25, -0.2) is 0 Å². The predicted molar refractivity (Wildman–Crippen MR) is 75.7 cm³/mol. The van der Waals surface area contributed by atoms with Crippen LogP contribution in [0.1, 0.15) is 16.8 Å². The number of piperazine rings is 1. The first-order valence-corrected chi connectivity index (χ1v) is 7.37. The van der Waals surface area contributed by atoms with E-state index in [1.165, 1.54) is 4.90 Å². The van der Waals surface area contributed by atoms with Crippen LogP contribution < -0.4 is 9.47 Å². The SMILES string of the molecule is O=C(CC(F)(F)F)N1CCN(C(=O)c2ccc3c(c2)OCO3)CC1. The van der Waals surface area contributed by atoms with E-state index in [2.05, 4.69) is 0 Å². The summed E-state index contributed by atoms with van der Waals surface area (Å²) in [5.74, 6) is -0.164. The van der Waals surface area contributed by atoms with Gasteiger partial charge in [-0.1, -0.05) is 0 Å². The summed E-state index contributed by atoms with van der Waals surface area (Å²) in [5, 5.41) is 0. The zero-order valence-electron chi connectivity index (χ0n) is 12.6.